The van der Waals surface area contributed by atoms with Gasteiger partial charge in [-0.1, -0.05) is 6.07 Å². The topological polar surface area (TPSA) is 44.0 Å². The lowest BCUT2D eigenvalue weighted by molar-refractivity contribution is 0.591. The molecule has 1 aromatic carbocycles. The van der Waals surface area contributed by atoms with Crippen LogP contribution in [0.4, 0.5) is 4.39 Å². The van der Waals surface area contributed by atoms with Gasteiger partial charge in [0.25, 0.3) is 5.56 Å². The van der Waals surface area contributed by atoms with Gasteiger partial charge >= 0.3 is 5.69 Å². The normalized spacial score (nSPS) is 10.8. The third-order valence-corrected chi connectivity index (χ3v) is 4.21. The maximum atomic E-state index is 13.2. The molecule has 0 aliphatic heterocycles. The van der Waals surface area contributed by atoms with Gasteiger partial charge in [-0.3, -0.25) is 13.9 Å². The Bertz CT molecular complexity index is 770. The van der Waals surface area contributed by atoms with Crippen molar-refractivity contribution in [2.45, 2.75) is 20.0 Å². The lowest BCUT2D eigenvalue weighted by Crippen LogP contribution is -2.40. The quantitative estimate of drug-likeness (QED) is 0.672. The zero-order valence-electron chi connectivity index (χ0n) is 10.6. The summed E-state index contributed by atoms with van der Waals surface area (Å²) in [6, 6.07) is 4.43. The van der Waals surface area contributed by atoms with E-state index >= 15 is 0 Å². The van der Waals surface area contributed by atoms with Crippen LogP contribution >= 0.6 is 38.5 Å². The lowest BCUT2D eigenvalue weighted by Gasteiger charge is -2.10. The van der Waals surface area contributed by atoms with Crippen molar-refractivity contribution in [3.05, 3.63) is 64.7 Å². The van der Waals surface area contributed by atoms with E-state index in [4.69, 9.17) is 0 Å². The molecule has 0 amide bonds. The molecule has 0 atom stereocenters. The predicted octanol–water partition coefficient (Wildman–Crippen LogP) is 2.58. The van der Waals surface area contributed by atoms with E-state index in [0.717, 1.165) is 4.57 Å². The van der Waals surface area contributed by atoms with Crippen LogP contribution in [-0.4, -0.2) is 9.13 Å². The van der Waals surface area contributed by atoms with Crippen molar-refractivity contribution in [3.8, 4) is 0 Å². The number of hydrogen-bond donors (Lipinski definition) is 0. The van der Waals surface area contributed by atoms with E-state index in [1.165, 1.54) is 10.6 Å². The number of aromatic nitrogens is 2. The van der Waals surface area contributed by atoms with E-state index in [2.05, 4.69) is 15.9 Å². The molecule has 0 N–H and O–H groups in total. The largest absolute Gasteiger partial charge is 0.331 e. The number of aryl methyl sites for hydroxylation is 1. The van der Waals surface area contributed by atoms with Gasteiger partial charge < -0.3 is 0 Å². The Morgan fingerprint density at radius 1 is 1.35 bits per heavy atom. The maximum absolute atomic E-state index is 13.2. The van der Waals surface area contributed by atoms with Crippen molar-refractivity contribution in [1.29, 1.82) is 0 Å². The average Bonchev–Trinajstić information content (AvgIpc) is 2.42. The number of benzene rings is 1. The summed E-state index contributed by atoms with van der Waals surface area (Å²) >= 11 is 5.00. The predicted molar refractivity (Wildman–Crippen MR) is 86.6 cm³/mol. The summed E-state index contributed by atoms with van der Waals surface area (Å²) in [7, 11) is 0. The first-order valence-electron chi connectivity index (χ1n) is 5.87. The van der Waals surface area contributed by atoms with E-state index in [-0.39, 0.29) is 23.6 Å². The van der Waals surface area contributed by atoms with Gasteiger partial charge in [-0.05, 0) is 63.1 Å². The minimum absolute atomic E-state index is 0.118. The second kappa shape index (κ2) is 6.21. The molecule has 106 valence electrons. The van der Waals surface area contributed by atoms with Gasteiger partial charge in [-0.15, -0.1) is 0 Å². The molecule has 0 bridgehead atoms. The highest BCUT2D eigenvalue weighted by Gasteiger charge is 2.10. The third-order valence-electron chi connectivity index (χ3n) is 2.86. The molecule has 0 aliphatic carbocycles. The molecule has 7 heteroatoms. The lowest BCUT2D eigenvalue weighted by atomic mass is 10.2. The first-order valence-corrected chi connectivity index (χ1v) is 7.75. The molecule has 1 heterocycles. The van der Waals surface area contributed by atoms with E-state index in [0.29, 0.717) is 20.2 Å². The van der Waals surface area contributed by atoms with E-state index < -0.39 is 0 Å². The second-order valence-electron chi connectivity index (χ2n) is 4.19. The summed E-state index contributed by atoms with van der Waals surface area (Å²) in [5, 5.41) is 0. The van der Waals surface area contributed by atoms with Crippen molar-refractivity contribution in [2.24, 2.45) is 0 Å². The number of halogens is 3. The molecule has 0 aliphatic rings. The Balaban J connectivity index is 2.53. The summed E-state index contributed by atoms with van der Waals surface area (Å²) < 4.78 is 16.6. The van der Waals surface area contributed by atoms with E-state index in [9.17, 15) is 14.0 Å². The Kier molecular flexibility index (Phi) is 4.79. The number of rotatable bonds is 3. The average molecular weight is 453 g/mol. The maximum Gasteiger partial charge on any atom is 0.331 e. The highest BCUT2D eigenvalue weighted by Crippen LogP contribution is 2.17. The van der Waals surface area contributed by atoms with Crippen molar-refractivity contribution in [2.75, 3.05) is 0 Å². The summed E-state index contributed by atoms with van der Waals surface area (Å²) in [5.74, 6) is -0.380. The Morgan fingerprint density at radius 3 is 2.65 bits per heavy atom. The van der Waals surface area contributed by atoms with Crippen LogP contribution in [0.5, 0.6) is 0 Å². The molecule has 1 aromatic heterocycles. The molecule has 0 fully saturated rings. The molecule has 2 rings (SSSR count). The summed E-state index contributed by atoms with van der Waals surface area (Å²) in [6.45, 7) is 2.44. The second-order valence-corrected chi connectivity index (χ2v) is 6.20. The van der Waals surface area contributed by atoms with Crippen LogP contribution in [0.15, 0.2) is 38.5 Å². The van der Waals surface area contributed by atoms with Crippen LogP contribution in [0.1, 0.15) is 12.5 Å². The zero-order valence-corrected chi connectivity index (χ0v) is 14.3. The van der Waals surface area contributed by atoms with Gasteiger partial charge in [0.2, 0.25) is 0 Å². The molecular weight excluding hydrogens is 442 g/mol. The van der Waals surface area contributed by atoms with Crippen LogP contribution < -0.4 is 11.2 Å². The van der Waals surface area contributed by atoms with E-state index in [1.807, 2.05) is 29.5 Å². The minimum atomic E-state index is -0.380. The fourth-order valence-electron chi connectivity index (χ4n) is 1.80. The fourth-order valence-corrected chi connectivity index (χ4v) is 2.86. The Labute approximate surface area is 136 Å². The summed E-state index contributed by atoms with van der Waals surface area (Å²) in [5.41, 5.74) is -0.0127. The molecule has 0 saturated heterocycles. The van der Waals surface area contributed by atoms with Gasteiger partial charge in [0.15, 0.2) is 0 Å². The van der Waals surface area contributed by atoms with Crippen LogP contribution in [0.2, 0.25) is 0 Å². The fraction of sp³-hybridized carbons (Fsp3) is 0.231. The van der Waals surface area contributed by atoms with Gasteiger partial charge in [-0.25, -0.2) is 9.18 Å². The zero-order chi connectivity index (χ0) is 14.9. The van der Waals surface area contributed by atoms with Crippen LogP contribution in [-0.2, 0) is 13.1 Å². The molecule has 0 spiro atoms. The molecule has 2 aromatic rings. The van der Waals surface area contributed by atoms with Crippen LogP contribution in [0, 0.1) is 9.39 Å². The first-order chi connectivity index (χ1) is 9.43. The molecule has 0 radical (unpaired) electrons. The monoisotopic (exact) mass is 452 g/mol. The van der Waals surface area contributed by atoms with Gasteiger partial charge in [-0.2, -0.15) is 0 Å². The van der Waals surface area contributed by atoms with Crippen molar-refractivity contribution < 1.29 is 4.39 Å². The highest BCUT2D eigenvalue weighted by atomic mass is 127. The Hall–Kier alpha value is -0.960. The minimum Gasteiger partial charge on any atom is -0.300 e. The molecule has 20 heavy (non-hydrogen) atoms. The highest BCUT2D eigenvalue weighted by molar-refractivity contribution is 14.1. The first kappa shape index (κ1) is 15.4. The van der Waals surface area contributed by atoms with Crippen LogP contribution in [0.25, 0.3) is 0 Å². The molecule has 0 saturated carbocycles. The van der Waals surface area contributed by atoms with Crippen molar-refractivity contribution in [1.82, 2.24) is 9.13 Å². The van der Waals surface area contributed by atoms with Crippen molar-refractivity contribution >= 4 is 38.5 Å². The number of nitrogens with zero attached hydrogens (tertiary/aromatic N) is 2. The molecule has 4 nitrogen and oxygen atoms in total. The third kappa shape index (κ3) is 3.03. The summed E-state index contributed by atoms with van der Waals surface area (Å²) in [6.07, 6.45) is 1.54. The standard InChI is InChI=1S/C13H11BrFIN2O2/c1-2-17-7-11(16)12(19)18(13(17)20)6-8-3-4-10(15)9(14)5-8/h3-5,7H,2,6H2,1H3. The van der Waals surface area contributed by atoms with E-state index in [1.54, 1.807) is 18.3 Å². The Morgan fingerprint density at radius 2 is 2.05 bits per heavy atom. The van der Waals surface area contributed by atoms with Gasteiger partial charge in [0, 0.05) is 12.7 Å². The van der Waals surface area contributed by atoms with Crippen molar-refractivity contribution in [3.63, 3.8) is 0 Å². The van der Waals surface area contributed by atoms with Gasteiger partial charge in [0.1, 0.15) is 5.82 Å². The number of hydrogen-bond acceptors (Lipinski definition) is 2. The smallest absolute Gasteiger partial charge is 0.300 e. The van der Waals surface area contributed by atoms with Gasteiger partial charge in [0.05, 0.1) is 14.6 Å². The summed E-state index contributed by atoms with van der Waals surface area (Å²) in [4.78, 5) is 24.2. The molecular formula is C13H11BrFIN2O2. The molecule has 0 unspecified atom stereocenters. The SMILES string of the molecule is CCn1cc(I)c(=O)n(Cc2ccc(F)c(Br)c2)c1=O. The van der Waals surface area contributed by atoms with Crippen LogP contribution in [0.3, 0.4) is 0 Å².